The van der Waals surface area contributed by atoms with Crippen LogP contribution in [0.1, 0.15) is 27.6 Å². The molecule has 5 rings (SSSR count). The SMILES string of the molecule is CN(C)C(=O)c1cccc(S(=O)(=O)N2CCS[C@H]2C(=O)O[C@H](Cc2c(Cl)c[n+]([O-])cc2Cl)c2ccc3c(c2)OC(F)(F)O3)c1. The van der Waals surface area contributed by atoms with Gasteiger partial charge in [-0.05, 0) is 35.9 Å². The Hall–Kier alpha value is -3.37. The Kier molecular flexibility index (Phi) is 8.88. The molecule has 0 aliphatic carbocycles. The number of nitrogens with zero attached hydrogens (tertiary/aromatic N) is 3. The van der Waals surface area contributed by atoms with E-state index in [2.05, 4.69) is 9.47 Å². The molecule has 0 spiro atoms. The molecule has 234 valence electrons. The number of halogens is 4. The first kappa shape index (κ1) is 32.0. The monoisotopic (exact) mass is 689 g/mol. The minimum Gasteiger partial charge on any atom is -0.619 e. The number of rotatable bonds is 8. The number of amides is 1. The third-order valence-electron chi connectivity index (χ3n) is 6.65. The van der Waals surface area contributed by atoms with E-state index in [1.807, 2.05) is 0 Å². The molecule has 3 aromatic rings. The predicted octanol–water partition coefficient (Wildman–Crippen LogP) is 4.24. The summed E-state index contributed by atoms with van der Waals surface area (Å²) in [5.41, 5.74) is 0.537. The van der Waals surface area contributed by atoms with Crippen LogP contribution in [0.15, 0.2) is 59.8 Å². The summed E-state index contributed by atoms with van der Waals surface area (Å²) >= 11 is 13.5. The first-order chi connectivity index (χ1) is 20.7. The van der Waals surface area contributed by atoms with Crippen LogP contribution in [0.5, 0.6) is 11.5 Å². The lowest BCUT2D eigenvalue weighted by atomic mass is 10.0. The molecule has 0 saturated carbocycles. The Morgan fingerprint density at radius 2 is 1.84 bits per heavy atom. The van der Waals surface area contributed by atoms with E-state index in [0.717, 1.165) is 28.5 Å². The van der Waals surface area contributed by atoms with E-state index in [1.165, 1.54) is 61.5 Å². The van der Waals surface area contributed by atoms with Gasteiger partial charge in [-0.3, -0.25) is 4.79 Å². The molecule has 0 N–H and O–H groups in total. The summed E-state index contributed by atoms with van der Waals surface area (Å²) in [6, 6.07) is 9.22. The second-order valence-corrected chi connectivity index (χ2v) is 13.8. The smallest absolute Gasteiger partial charge is 0.586 e. The van der Waals surface area contributed by atoms with Gasteiger partial charge in [-0.25, -0.2) is 13.2 Å². The normalized spacial score (nSPS) is 18.2. The summed E-state index contributed by atoms with van der Waals surface area (Å²) in [5, 5.41) is 10.4. The molecule has 2 aliphatic rings. The number of esters is 1. The fourth-order valence-corrected chi connectivity index (χ4v) is 8.26. The fourth-order valence-electron chi connectivity index (χ4n) is 4.57. The van der Waals surface area contributed by atoms with Crippen molar-refractivity contribution in [3.05, 3.63) is 86.8 Å². The minimum absolute atomic E-state index is 0.0256. The molecule has 0 bridgehead atoms. The zero-order valence-electron chi connectivity index (χ0n) is 22.9. The highest BCUT2D eigenvalue weighted by molar-refractivity contribution is 8.02. The number of fused-ring (bicyclic) bond motifs is 1. The zero-order valence-corrected chi connectivity index (χ0v) is 26.1. The molecule has 2 atom stereocenters. The van der Waals surface area contributed by atoms with Gasteiger partial charge in [0.15, 0.2) is 29.3 Å². The van der Waals surface area contributed by atoms with Gasteiger partial charge < -0.3 is 24.3 Å². The highest BCUT2D eigenvalue weighted by atomic mass is 35.5. The van der Waals surface area contributed by atoms with Gasteiger partial charge in [0, 0.05) is 43.9 Å². The first-order valence-electron chi connectivity index (χ1n) is 12.8. The first-order valence-corrected chi connectivity index (χ1v) is 16.0. The topological polar surface area (TPSA) is 129 Å². The molecule has 1 fully saturated rings. The van der Waals surface area contributed by atoms with Gasteiger partial charge in [-0.1, -0.05) is 35.3 Å². The standard InChI is InChI=1S/C27H23Cl2F2N3O8S2/c1-32(2)24(35)16-4-3-5-17(10-16)44(38,39)34-8-9-43-25(34)26(36)40-22(12-18-19(28)13-33(37)14-20(18)29)15-6-7-21-23(11-15)42-27(30,31)41-21/h3-7,10-11,13-14,22,25H,8-9,12H2,1-2H3/t22-,25+/m1/s1. The highest BCUT2D eigenvalue weighted by Gasteiger charge is 2.45. The molecule has 11 nitrogen and oxygen atoms in total. The van der Waals surface area contributed by atoms with Crippen molar-refractivity contribution in [2.24, 2.45) is 0 Å². The van der Waals surface area contributed by atoms with Gasteiger partial charge in [-0.15, -0.1) is 20.5 Å². The van der Waals surface area contributed by atoms with Crippen LogP contribution in [0.3, 0.4) is 0 Å². The van der Waals surface area contributed by atoms with Gasteiger partial charge in [0.25, 0.3) is 5.91 Å². The Balaban J connectivity index is 1.45. The predicted molar refractivity (Wildman–Crippen MR) is 155 cm³/mol. The van der Waals surface area contributed by atoms with Crippen molar-refractivity contribution >= 4 is 56.9 Å². The minimum atomic E-state index is -4.27. The number of hydrogen-bond donors (Lipinski definition) is 0. The van der Waals surface area contributed by atoms with Crippen LogP contribution in [-0.4, -0.2) is 67.6 Å². The number of ether oxygens (including phenoxy) is 3. The Bertz CT molecular complexity index is 1720. The van der Waals surface area contributed by atoms with Crippen LogP contribution < -0.4 is 14.2 Å². The average molecular weight is 691 g/mol. The van der Waals surface area contributed by atoms with E-state index < -0.39 is 39.7 Å². The summed E-state index contributed by atoms with van der Waals surface area (Å²) in [4.78, 5) is 27.2. The van der Waals surface area contributed by atoms with Gasteiger partial charge in [0.05, 0.1) is 4.90 Å². The lowest BCUT2D eigenvalue weighted by molar-refractivity contribution is -0.605. The molecule has 2 aromatic carbocycles. The van der Waals surface area contributed by atoms with Crippen molar-refractivity contribution in [2.75, 3.05) is 26.4 Å². The number of thioether (sulfide) groups is 1. The Morgan fingerprint density at radius 1 is 1.16 bits per heavy atom. The largest absolute Gasteiger partial charge is 0.619 e. The van der Waals surface area contributed by atoms with Crippen molar-refractivity contribution in [1.29, 1.82) is 0 Å². The molecule has 0 unspecified atom stereocenters. The summed E-state index contributed by atoms with van der Waals surface area (Å²) < 4.78 is 70.9. The van der Waals surface area contributed by atoms with Crippen LogP contribution >= 0.6 is 35.0 Å². The van der Waals surface area contributed by atoms with E-state index in [9.17, 15) is 32.0 Å². The maximum atomic E-state index is 13.7. The van der Waals surface area contributed by atoms with Crippen molar-refractivity contribution in [1.82, 2.24) is 9.21 Å². The lowest BCUT2D eigenvalue weighted by Gasteiger charge is -2.25. The average Bonchev–Trinajstić information content (AvgIpc) is 3.57. The zero-order chi connectivity index (χ0) is 32.0. The van der Waals surface area contributed by atoms with E-state index in [1.54, 1.807) is 0 Å². The second-order valence-electron chi connectivity index (χ2n) is 9.86. The second kappa shape index (κ2) is 12.2. The molecular formula is C27H23Cl2F2N3O8S2. The molecule has 1 amide bonds. The number of alkyl halides is 2. The number of aromatic nitrogens is 1. The van der Waals surface area contributed by atoms with Gasteiger partial charge in [0.2, 0.25) is 10.0 Å². The molecule has 17 heteroatoms. The number of benzene rings is 2. The number of carbonyl (C=O) groups is 2. The molecule has 0 radical (unpaired) electrons. The Labute approximate surface area is 264 Å². The van der Waals surface area contributed by atoms with Crippen LogP contribution in [0.2, 0.25) is 10.0 Å². The molecule has 1 saturated heterocycles. The van der Waals surface area contributed by atoms with Crippen LogP contribution in [0, 0.1) is 5.21 Å². The number of carbonyl (C=O) groups excluding carboxylic acids is 2. The summed E-state index contributed by atoms with van der Waals surface area (Å²) in [6.45, 7) is -0.0256. The van der Waals surface area contributed by atoms with Crippen molar-refractivity contribution in [3.63, 3.8) is 0 Å². The molecule has 2 aliphatic heterocycles. The van der Waals surface area contributed by atoms with E-state index in [-0.39, 0.29) is 61.8 Å². The Morgan fingerprint density at radius 3 is 2.52 bits per heavy atom. The van der Waals surface area contributed by atoms with Crippen molar-refractivity contribution in [2.45, 2.75) is 29.1 Å². The molecule has 3 heterocycles. The van der Waals surface area contributed by atoms with Crippen LogP contribution in [0.4, 0.5) is 8.78 Å². The summed E-state index contributed by atoms with van der Waals surface area (Å²) in [5.74, 6) is -1.65. The number of sulfonamides is 1. The van der Waals surface area contributed by atoms with Gasteiger partial charge >= 0.3 is 12.3 Å². The molecular weight excluding hydrogens is 667 g/mol. The summed E-state index contributed by atoms with van der Waals surface area (Å²) in [6.07, 6.45) is -3.27. The van der Waals surface area contributed by atoms with E-state index >= 15 is 0 Å². The molecule has 1 aromatic heterocycles. The van der Waals surface area contributed by atoms with Gasteiger partial charge in [-0.2, -0.15) is 9.04 Å². The third kappa shape index (κ3) is 6.52. The van der Waals surface area contributed by atoms with E-state index in [4.69, 9.17) is 27.9 Å². The van der Waals surface area contributed by atoms with Crippen molar-refractivity contribution in [3.8, 4) is 11.5 Å². The number of pyridine rings is 1. The maximum absolute atomic E-state index is 13.7. The quantitative estimate of drug-likeness (QED) is 0.194. The molecule has 44 heavy (non-hydrogen) atoms. The van der Waals surface area contributed by atoms with Crippen LogP contribution in [0.25, 0.3) is 0 Å². The van der Waals surface area contributed by atoms with E-state index in [0.29, 0.717) is 4.73 Å². The highest BCUT2D eigenvalue weighted by Crippen LogP contribution is 2.43. The van der Waals surface area contributed by atoms with Crippen molar-refractivity contribution < 1.29 is 45.7 Å². The van der Waals surface area contributed by atoms with Crippen LogP contribution in [-0.2, 0) is 26.0 Å². The van der Waals surface area contributed by atoms with Gasteiger partial charge in [0.1, 0.15) is 16.1 Å². The summed E-state index contributed by atoms with van der Waals surface area (Å²) in [7, 11) is -1.21. The fraction of sp³-hybridized carbons (Fsp3) is 0.296. The lowest BCUT2D eigenvalue weighted by Crippen LogP contribution is -2.40. The maximum Gasteiger partial charge on any atom is 0.586 e. The number of hydrogen-bond acceptors (Lipinski definition) is 9. The third-order valence-corrected chi connectivity index (χ3v) is 10.5.